The monoisotopic (exact) mass is 358 g/mol. The van der Waals surface area contributed by atoms with E-state index in [-0.39, 0.29) is 0 Å². The number of hydrogen-bond donors (Lipinski definition) is 1. The second kappa shape index (κ2) is 8.50. The van der Waals surface area contributed by atoms with E-state index < -0.39 is 6.09 Å². The van der Waals surface area contributed by atoms with E-state index in [0.29, 0.717) is 24.1 Å². The summed E-state index contributed by atoms with van der Waals surface area (Å²) in [7, 11) is 0. The van der Waals surface area contributed by atoms with Crippen LogP contribution in [0.15, 0.2) is 48.0 Å². The zero-order valence-corrected chi connectivity index (χ0v) is 15.6. The standard InChI is InChI=1S/C20H26N2O2S/c1-3-6-17(19-7-5-12-25-19)18(4-2)21-20(23)24-14-16-13-22-10-8-15(16)9-11-22/h3-7,12,15-16H,2,8-11,13-14H2,1H3,(H,21,23)/b6-3-,18-17-. The number of nitrogens with zero attached hydrogens (tertiary/aromatic N) is 1. The molecule has 5 heteroatoms. The molecule has 4 nitrogen and oxygen atoms in total. The van der Waals surface area contributed by atoms with Crippen LogP contribution in [-0.2, 0) is 4.74 Å². The quantitative estimate of drug-likeness (QED) is 0.771. The van der Waals surface area contributed by atoms with Crippen LogP contribution in [-0.4, -0.2) is 37.2 Å². The van der Waals surface area contributed by atoms with Crippen LogP contribution < -0.4 is 5.32 Å². The lowest BCUT2D eigenvalue weighted by molar-refractivity contribution is 0.0131. The van der Waals surface area contributed by atoms with Gasteiger partial charge < -0.3 is 9.64 Å². The van der Waals surface area contributed by atoms with Crippen molar-refractivity contribution in [1.82, 2.24) is 10.2 Å². The number of hydrogen-bond acceptors (Lipinski definition) is 4. The van der Waals surface area contributed by atoms with Gasteiger partial charge in [0.1, 0.15) is 0 Å². The maximum atomic E-state index is 12.3. The van der Waals surface area contributed by atoms with Gasteiger partial charge in [0, 0.05) is 22.9 Å². The van der Waals surface area contributed by atoms with Crippen molar-refractivity contribution < 1.29 is 9.53 Å². The summed E-state index contributed by atoms with van der Waals surface area (Å²) in [6, 6.07) is 4.03. The van der Waals surface area contributed by atoms with Gasteiger partial charge in [-0.1, -0.05) is 24.8 Å². The fourth-order valence-corrected chi connectivity index (χ4v) is 4.50. The molecule has 3 aliphatic heterocycles. The average Bonchev–Trinajstić information content (AvgIpc) is 3.18. The third-order valence-corrected chi connectivity index (χ3v) is 5.97. The first-order chi connectivity index (χ1) is 12.2. The molecule has 0 spiro atoms. The molecule has 4 heterocycles. The number of allylic oxidation sites excluding steroid dienone is 4. The normalized spacial score (nSPS) is 26.4. The van der Waals surface area contributed by atoms with Gasteiger partial charge in [0.05, 0.1) is 12.3 Å². The summed E-state index contributed by atoms with van der Waals surface area (Å²) < 4.78 is 5.53. The first-order valence-electron chi connectivity index (χ1n) is 8.90. The summed E-state index contributed by atoms with van der Waals surface area (Å²) in [5, 5.41) is 4.88. The van der Waals surface area contributed by atoms with Crippen LogP contribution in [0.2, 0.25) is 0 Å². The van der Waals surface area contributed by atoms with Crippen LogP contribution >= 0.6 is 11.3 Å². The van der Waals surface area contributed by atoms with Gasteiger partial charge in [-0.3, -0.25) is 5.32 Å². The molecular formula is C20H26N2O2S. The first-order valence-corrected chi connectivity index (χ1v) is 9.78. The number of rotatable bonds is 6. The zero-order chi connectivity index (χ0) is 17.6. The Morgan fingerprint density at radius 3 is 2.84 bits per heavy atom. The van der Waals surface area contributed by atoms with E-state index >= 15 is 0 Å². The fraction of sp³-hybridized carbons (Fsp3) is 0.450. The lowest BCUT2D eigenvalue weighted by Crippen LogP contribution is -2.49. The second-order valence-corrected chi connectivity index (χ2v) is 7.58. The third kappa shape index (κ3) is 4.41. The molecule has 0 saturated carbocycles. The molecule has 134 valence electrons. The van der Waals surface area contributed by atoms with E-state index in [4.69, 9.17) is 4.74 Å². The molecule has 1 amide bonds. The molecule has 4 rings (SSSR count). The number of amides is 1. The molecule has 1 aromatic heterocycles. The molecule has 3 fully saturated rings. The minimum Gasteiger partial charge on any atom is -0.449 e. The Bertz CT molecular complexity index is 655. The van der Waals surface area contributed by atoms with Gasteiger partial charge in [-0.05, 0) is 56.3 Å². The van der Waals surface area contributed by atoms with E-state index in [2.05, 4.69) is 16.8 Å². The van der Waals surface area contributed by atoms with Crippen molar-refractivity contribution in [2.75, 3.05) is 26.2 Å². The molecule has 1 atom stereocenters. The van der Waals surface area contributed by atoms with Crippen LogP contribution in [0.5, 0.6) is 0 Å². The summed E-state index contributed by atoms with van der Waals surface area (Å²) >= 11 is 1.63. The lowest BCUT2D eigenvalue weighted by atomic mass is 9.79. The smallest absolute Gasteiger partial charge is 0.411 e. The molecule has 0 radical (unpaired) electrons. The van der Waals surface area contributed by atoms with Crippen molar-refractivity contribution in [3.05, 3.63) is 52.9 Å². The fourth-order valence-electron chi connectivity index (χ4n) is 3.74. The lowest BCUT2D eigenvalue weighted by Gasteiger charge is -2.44. The molecule has 1 aromatic rings. The van der Waals surface area contributed by atoms with Crippen LogP contribution in [0.4, 0.5) is 4.79 Å². The Labute approximate surface area is 153 Å². The Morgan fingerprint density at radius 2 is 2.28 bits per heavy atom. The van der Waals surface area contributed by atoms with Gasteiger partial charge in [-0.25, -0.2) is 4.79 Å². The highest BCUT2D eigenvalue weighted by Crippen LogP contribution is 2.32. The number of fused-ring (bicyclic) bond motifs is 3. The molecule has 3 aliphatic rings. The van der Waals surface area contributed by atoms with Crippen molar-refractivity contribution in [3.63, 3.8) is 0 Å². The van der Waals surface area contributed by atoms with Gasteiger partial charge in [0.2, 0.25) is 0 Å². The van der Waals surface area contributed by atoms with E-state index in [9.17, 15) is 4.79 Å². The number of ether oxygens (including phenoxy) is 1. The molecule has 1 unspecified atom stereocenters. The molecule has 3 saturated heterocycles. The maximum Gasteiger partial charge on any atom is 0.411 e. The molecular weight excluding hydrogens is 332 g/mol. The zero-order valence-electron chi connectivity index (χ0n) is 14.7. The van der Waals surface area contributed by atoms with Crippen LogP contribution in [0.25, 0.3) is 5.57 Å². The summed E-state index contributed by atoms with van der Waals surface area (Å²) in [5.74, 6) is 1.17. The molecule has 25 heavy (non-hydrogen) atoms. The van der Waals surface area contributed by atoms with E-state index in [1.54, 1.807) is 17.4 Å². The molecule has 2 bridgehead atoms. The van der Waals surface area contributed by atoms with Gasteiger partial charge in [0.15, 0.2) is 0 Å². The highest BCUT2D eigenvalue weighted by molar-refractivity contribution is 7.11. The van der Waals surface area contributed by atoms with Crippen molar-refractivity contribution in [2.24, 2.45) is 11.8 Å². The topological polar surface area (TPSA) is 41.6 Å². The number of thiophene rings is 1. The summed E-state index contributed by atoms with van der Waals surface area (Å²) in [6.45, 7) is 9.75. The predicted octanol–water partition coefficient (Wildman–Crippen LogP) is 4.29. The van der Waals surface area contributed by atoms with Gasteiger partial charge in [0.25, 0.3) is 0 Å². The van der Waals surface area contributed by atoms with Crippen molar-refractivity contribution >= 4 is 23.0 Å². The first kappa shape index (κ1) is 18.0. The van der Waals surface area contributed by atoms with Crippen molar-refractivity contribution in [2.45, 2.75) is 19.8 Å². The Hall–Kier alpha value is -1.85. The van der Waals surface area contributed by atoms with Gasteiger partial charge in [-0.2, -0.15) is 0 Å². The number of nitrogens with one attached hydrogen (secondary N) is 1. The van der Waals surface area contributed by atoms with Crippen molar-refractivity contribution in [3.8, 4) is 0 Å². The largest absolute Gasteiger partial charge is 0.449 e. The summed E-state index contributed by atoms with van der Waals surface area (Å²) in [6.07, 6.45) is 7.68. The number of carbonyl (C=O) groups excluding carboxylic acids is 1. The highest BCUT2D eigenvalue weighted by atomic mass is 32.1. The van der Waals surface area contributed by atoms with Gasteiger partial charge >= 0.3 is 6.09 Å². The van der Waals surface area contributed by atoms with E-state index in [1.807, 2.05) is 36.6 Å². The van der Waals surface area contributed by atoms with Crippen LogP contribution in [0, 0.1) is 11.8 Å². The highest BCUT2D eigenvalue weighted by Gasteiger charge is 2.34. The third-order valence-electron chi connectivity index (χ3n) is 5.07. The van der Waals surface area contributed by atoms with E-state index in [1.165, 1.54) is 25.9 Å². The number of carbonyl (C=O) groups is 1. The SMILES string of the molecule is C=C/C(NC(=O)OCC1CN2CCC1CC2)=C(\C=C/C)c1cccs1. The summed E-state index contributed by atoms with van der Waals surface area (Å²) in [5.41, 5.74) is 1.63. The Morgan fingerprint density at radius 1 is 1.48 bits per heavy atom. The van der Waals surface area contributed by atoms with Crippen LogP contribution in [0.1, 0.15) is 24.6 Å². The Kier molecular flexibility index (Phi) is 6.10. The maximum absolute atomic E-state index is 12.3. The molecule has 0 aromatic carbocycles. The number of alkyl carbamates (subject to hydrolysis) is 1. The minimum absolute atomic E-state index is 0.398. The molecule has 1 N–H and O–H groups in total. The Balaban J connectivity index is 1.61. The predicted molar refractivity (Wildman–Crippen MR) is 103 cm³/mol. The van der Waals surface area contributed by atoms with E-state index in [0.717, 1.165) is 17.0 Å². The minimum atomic E-state index is -0.398. The van der Waals surface area contributed by atoms with Gasteiger partial charge in [-0.15, -0.1) is 11.3 Å². The summed E-state index contributed by atoms with van der Waals surface area (Å²) in [4.78, 5) is 15.9. The average molecular weight is 359 g/mol. The second-order valence-electron chi connectivity index (χ2n) is 6.63. The number of piperidine rings is 3. The van der Waals surface area contributed by atoms with Crippen LogP contribution in [0.3, 0.4) is 0 Å². The van der Waals surface area contributed by atoms with Crippen molar-refractivity contribution in [1.29, 1.82) is 0 Å². The molecule has 0 aliphatic carbocycles.